The smallest absolute Gasteiger partial charge is 0.321 e. The zero-order valence-electron chi connectivity index (χ0n) is 6.88. The van der Waals surface area contributed by atoms with Crippen molar-refractivity contribution >= 4 is 16.1 Å². The largest absolute Gasteiger partial charge is 0.394 e. The molecule has 1 aromatic carbocycles. The average molecular weight is 224 g/mol. The molecule has 6 nitrogen and oxygen atoms in total. The lowest BCUT2D eigenvalue weighted by atomic mass is 10.3. The van der Waals surface area contributed by atoms with Crippen LogP contribution < -0.4 is 11.3 Å². The van der Waals surface area contributed by atoms with Crippen molar-refractivity contribution in [3.8, 4) is 0 Å². The molecule has 0 saturated carbocycles. The third kappa shape index (κ3) is 7.43. The Morgan fingerprint density at radius 1 is 1.29 bits per heavy atom. The van der Waals surface area contributed by atoms with Crippen LogP contribution in [0, 0.1) is 5.82 Å². The van der Waals surface area contributed by atoms with Gasteiger partial charge < -0.3 is 5.43 Å². The molecule has 0 atom stereocenters. The minimum Gasteiger partial charge on any atom is -0.321 e. The van der Waals surface area contributed by atoms with Crippen molar-refractivity contribution in [2.75, 3.05) is 5.43 Å². The van der Waals surface area contributed by atoms with Crippen LogP contribution in [0.4, 0.5) is 10.1 Å². The quantitative estimate of drug-likeness (QED) is 0.313. The fourth-order valence-electron chi connectivity index (χ4n) is 0.578. The van der Waals surface area contributed by atoms with E-state index in [-0.39, 0.29) is 5.82 Å². The molecule has 5 N–H and O–H groups in total. The lowest BCUT2D eigenvalue weighted by Crippen LogP contribution is -2.07. The molecule has 0 amide bonds. The molecule has 0 bridgehead atoms. The SMILES string of the molecule is NNc1ccccc1F.O=S(=O)(O)O. The molecule has 0 heterocycles. The van der Waals surface area contributed by atoms with Crippen LogP contribution in [0.15, 0.2) is 24.3 Å². The highest BCUT2D eigenvalue weighted by atomic mass is 32.3. The van der Waals surface area contributed by atoms with E-state index in [1.165, 1.54) is 6.07 Å². The van der Waals surface area contributed by atoms with E-state index in [2.05, 4.69) is 5.43 Å². The summed E-state index contributed by atoms with van der Waals surface area (Å²) in [6.07, 6.45) is 0. The number of halogens is 1. The Morgan fingerprint density at radius 3 is 2.00 bits per heavy atom. The van der Waals surface area contributed by atoms with Crippen molar-refractivity contribution in [2.24, 2.45) is 5.84 Å². The Balaban J connectivity index is 0.000000292. The monoisotopic (exact) mass is 224 g/mol. The van der Waals surface area contributed by atoms with Gasteiger partial charge in [-0.3, -0.25) is 14.9 Å². The second-order valence-electron chi connectivity index (χ2n) is 2.07. The van der Waals surface area contributed by atoms with Gasteiger partial charge in [-0.2, -0.15) is 8.42 Å². The fourth-order valence-corrected chi connectivity index (χ4v) is 0.578. The summed E-state index contributed by atoms with van der Waals surface area (Å²) < 4.78 is 44.0. The molecule has 0 fully saturated rings. The van der Waals surface area contributed by atoms with E-state index in [0.717, 1.165) is 0 Å². The van der Waals surface area contributed by atoms with Gasteiger partial charge in [0.2, 0.25) is 0 Å². The maximum atomic E-state index is 12.4. The molecule has 8 heteroatoms. The zero-order chi connectivity index (χ0) is 11.2. The van der Waals surface area contributed by atoms with Crippen molar-refractivity contribution in [3.05, 3.63) is 30.1 Å². The van der Waals surface area contributed by atoms with E-state index < -0.39 is 10.4 Å². The van der Waals surface area contributed by atoms with Crippen molar-refractivity contribution < 1.29 is 21.9 Å². The number of nitrogens with two attached hydrogens (primary N) is 1. The first-order chi connectivity index (χ1) is 6.34. The predicted octanol–water partition coefficient (Wildman–Crippen LogP) is 0.459. The molecule has 0 unspecified atom stereocenters. The van der Waals surface area contributed by atoms with Crippen molar-refractivity contribution in [2.45, 2.75) is 0 Å². The van der Waals surface area contributed by atoms with Crippen LogP contribution in [0.1, 0.15) is 0 Å². The Morgan fingerprint density at radius 2 is 1.71 bits per heavy atom. The number of hydrogen-bond acceptors (Lipinski definition) is 4. The predicted molar refractivity (Wildman–Crippen MR) is 48.4 cm³/mol. The molecule has 1 rings (SSSR count). The van der Waals surface area contributed by atoms with E-state index in [1.54, 1.807) is 18.2 Å². The second-order valence-corrected chi connectivity index (χ2v) is 2.97. The van der Waals surface area contributed by atoms with Crippen LogP contribution in [-0.4, -0.2) is 17.5 Å². The number of hydrazine groups is 1. The Hall–Kier alpha value is -1.22. The van der Waals surface area contributed by atoms with Crippen molar-refractivity contribution in [1.29, 1.82) is 0 Å². The number of para-hydroxylation sites is 1. The summed E-state index contributed by atoms with van der Waals surface area (Å²) in [5.74, 6) is 4.63. The first-order valence-electron chi connectivity index (χ1n) is 3.25. The van der Waals surface area contributed by atoms with Gasteiger partial charge >= 0.3 is 10.4 Å². The molecular weight excluding hydrogens is 215 g/mol. The van der Waals surface area contributed by atoms with Gasteiger partial charge in [0.05, 0.1) is 5.69 Å². The summed E-state index contributed by atoms with van der Waals surface area (Å²) in [4.78, 5) is 0. The Bertz CT molecular complexity index is 373. The van der Waals surface area contributed by atoms with Gasteiger partial charge in [0.15, 0.2) is 0 Å². The van der Waals surface area contributed by atoms with Crippen LogP contribution >= 0.6 is 0 Å². The summed E-state index contributed by atoms with van der Waals surface area (Å²) in [6, 6.07) is 6.22. The highest BCUT2D eigenvalue weighted by molar-refractivity contribution is 7.79. The van der Waals surface area contributed by atoms with Crippen LogP contribution in [0.5, 0.6) is 0 Å². The maximum absolute atomic E-state index is 12.4. The van der Waals surface area contributed by atoms with Crippen LogP contribution in [0.3, 0.4) is 0 Å². The van der Waals surface area contributed by atoms with Gasteiger partial charge in [0, 0.05) is 0 Å². The molecule has 14 heavy (non-hydrogen) atoms. The molecule has 0 aromatic heterocycles. The highest BCUT2D eigenvalue weighted by Gasteiger charge is 1.93. The number of hydrogen-bond donors (Lipinski definition) is 4. The summed E-state index contributed by atoms with van der Waals surface area (Å²) in [7, 11) is -4.67. The number of rotatable bonds is 1. The highest BCUT2D eigenvalue weighted by Crippen LogP contribution is 2.09. The first-order valence-corrected chi connectivity index (χ1v) is 4.65. The zero-order valence-corrected chi connectivity index (χ0v) is 7.70. The average Bonchev–Trinajstić information content (AvgIpc) is 2.02. The van der Waals surface area contributed by atoms with Gasteiger partial charge in [0.25, 0.3) is 0 Å². The summed E-state index contributed by atoms with van der Waals surface area (Å²) in [5.41, 5.74) is 2.54. The van der Waals surface area contributed by atoms with E-state index in [1.807, 2.05) is 0 Å². The Kier molecular flexibility index (Phi) is 5.02. The van der Waals surface area contributed by atoms with Crippen molar-refractivity contribution in [3.63, 3.8) is 0 Å². The molecule has 0 saturated heterocycles. The molecular formula is C6H9FN2O4S. The van der Waals surface area contributed by atoms with E-state index in [9.17, 15) is 4.39 Å². The molecule has 1 aromatic rings. The van der Waals surface area contributed by atoms with Crippen molar-refractivity contribution in [1.82, 2.24) is 0 Å². The summed E-state index contributed by atoms with van der Waals surface area (Å²) in [6.45, 7) is 0. The molecule has 0 aliphatic carbocycles. The molecule has 80 valence electrons. The lowest BCUT2D eigenvalue weighted by Gasteiger charge is -1.97. The minimum absolute atomic E-state index is 0.317. The number of benzene rings is 1. The molecule has 0 aliphatic rings. The normalized spacial score (nSPS) is 10.0. The minimum atomic E-state index is -4.67. The van der Waals surface area contributed by atoms with Gasteiger partial charge in [-0.1, -0.05) is 12.1 Å². The van der Waals surface area contributed by atoms with Gasteiger partial charge in [0.1, 0.15) is 5.82 Å². The van der Waals surface area contributed by atoms with Crippen LogP contribution in [0.25, 0.3) is 0 Å². The third-order valence-electron chi connectivity index (χ3n) is 1.03. The number of anilines is 1. The topological polar surface area (TPSA) is 113 Å². The fraction of sp³-hybridized carbons (Fsp3) is 0. The van der Waals surface area contributed by atoms with E-state index in [4.69, 9.17) is 23.4 Å². The van der Waals surface area contributed by atoms with E-state index in [0.29, 0.717) is 5.69 Å². The third-order valence-corrected chi connectivity index (χ3v) is 1.03. The number of nitrogen functional groups attached to an aromatic ring is 1. The standard InChI is InChI=1S/C6H7FN2.H2O4S/c7-5-3-1-2-4-6(5)9-8;1-5(2,3)4/h1-4,9H,8H2;(H2,1,2,3,4). The first kappa shape index (κ1) is 12.8. The second kappa shape index (κ2) is 5.50. The summed E-state index contributed by atoms with van der Waals surface area (Å²) in [5, 5.41) is 0. The van der Waals surface area contributed by atoms with E-state index >= 15 is 0 Å². The van der Waals surface area contributed by atoms with Crippen LogP contribution in [0.2, 0.25) is 0 Å². The molecule has 0 spiro atoms. The number of nitrogens with one attached hydrogen (secondary N) is 1. The lowest BCUT2D eigenvalue weighted by molar-refractivity contribution is 0.381. The molecule has 0 aliphatic heterocycles. The Labute approximate surface area is 80.1 Å². The van der Waals surface area contributed by atoms with Crippen LogP contribution in [-0.2, 0) is 10.4 Å². The molecule has 0 radical (unpaired) electrons. The van der Waals surface area contributed by atoms with Gasteiger partial charge in [-0.05, 0) is 12.1 Å². The van der Waals surface area contributed by atoms with Gasteiger partial charge in [-0.25, -0.2) is 4.39 Å². The summed E-state index contributed by atoms with van der Waals surface area (Å²) >= 11 is 0. The van der Waals surface area contributed by atoms with Gasteiger partial charge in [-0.15, -0.1) is 0 Å². The maximum Gasteiger partial charge on any atom is 0.394 e.